The Balaban J connectivity index is 1.34. The summed E-state index contributed by atoms with van der Waals surface area (Å²) in [5.74, 6) is 0.344. The van der Waals surface area contributed by atoms with Gasteiger partial charge in [-0.05, 0) is 62.1 Å². The number of aromatic nitrogens is 2. The maximum Gasteiger partial charge on any atom is 0.126 e. The zero-order valence-corrected chi connectivity index (χ0v) is 17.3. The summed E-state index contributed by atoms with van der Waals surface area (Å²) in [6, 6.07) is 4.73. The lowest BCUT2D eigenvalue weighted by Crippen LogP contribution is -2.59. The molecule has 0 amide bonds. The highest BCUT2D eigenvalue weighted by atomic mass is 19.1. The fraction of sp³-hybridized carbons (Fsp3) is 0.609. The van der Waals surface area contributed by atoms with E-state index in [0.717, 1.165) is 50.7 Å². The van der Waals surface area contributed by atoms with E-state index < -0.39 is 11.6 Å². The van der Waals surface area contributed by atoms with Gasteiger partial charge in [0.2, 0.25) is 0 Å². The number of halogens is 2. The van der Waals surface area contributed by atoms with Gasteiger partial charge in [-0.25, -0.2) is 8.78 Å². The molecule has 4 nitrogen and oxygen atoms in total. The minimum Gasteiger partial charge on any atom is -0.298 e. The van der Waals surface area contributed by atoms with Crippen molar-refractivity contribution in [2.75, 3.05) is 19.6 Å². The number of aryl methyl sites for hydroxylation is 1. The van der Waals surface area contributed by atoms with E-state index >= 15 is 0 Å². The van der Waals surface area contributed by atoms with Gasteiger partial charge in [-0.1, -0.05) is 0 Å². The molecule has 5 rings (SSSR count). The summed E-state index contributed by atoms with van der Waals surface area (Å²) in [5.41, 5.74) is 3.38. The summed E-state index contributed by atoms with van der Waals surface area (Å²) in [4.78, 5) is 5.19. The molecule has 0 spiro atoms. The fourth-order valence-corrected chi connectivity index (χ4v) is 6.11. The zero-order chi connectivity index (χ0) is 20.1. The normalized spacial score (nSPS) is 30.3. The first-order chi connectivity index (χ1) is 14.0. The van der Waals surface area contributed by atoms with Gasteiger partial charge in [-0.3, -0.25) is 14.5 Å². The Morgan fingerprint density at radius 1 is 1.07 bits per heavy atom. The summed E-state index contributed by atoms with van der Waals surface area (Å²) < 4.78 is 29.7. The summed E-state index contributed by atoms with van der Waals surface area (Å²) in [5, 5.41) is 4.40. The predicted octanol–water partition coefficient (Wildman–Crippen LogP) is 4.05. The molecule has 1 aromatic heterocycles. The molecule has 29 heavy (non-hydrogen) atoms. The second-order valence-corrected chi connectivity index (χ2v) is 9.35. The van der Waals surface area contributed by atoms with Gasteiger partial charge in [0, 0.05) is 62.6 Å². The third kappa shape index (κ3) is 3.61. The standard InChI is InChI=1S/C23H30F2N4/c1-15-19(10-26-27(15)2)14-28-11-16-6-18(13-28)23-5-3-4-22(29(23)12-16)17-7-20(24)9-21(25)8-17/h7-10,16,18,22-23H,3-6,11-14H2,1-2H3/t16-,18+,22+,23-/m0/s1. The highest BCUT2D eigenvalue weighted by Crippen LogP contribution is 2.44. The minimum absolute atomic E-state index is 0.149. The first-order valence-electron chi connectivity index (χ1n) is 10.9. The Morgan fingerprint density at radius 3 is 2.59 bits per heavy atom. The molecule has 3 saturated heterocycles. The van der Waals surface area contributed by atoms with Crippen LogP contribution in [0, 0.1) is 30.4 Å². The van der Waals surface area contributed by atoms with Crippen LogP contribution in [0.2, 0.25) is 0 Å². The van der Waals surface area contributed by atoms with Crippen LogP contribution in [0.25, 0.3) is 0 Å². The van der Waals surface area contributed by atoms with E-state index in [0.29, 0.717) is 17.9 Å². The third-order valence-electron chi connectivity index (χ3n) is 7.46. The first-order valence-corrected chi connectivity index (χ1v) is 10.9. The SMILES string of the molecule is Cc1c(CN2C[C@@H]3C[C@H](C2)[C@@H]2CCC[C@H](c4cc(F)cc(F)c4)N2C3)cnn1C. The maximum atomic E-state index is 13.9. The topological polar surface area (TPSA) is 24.3 Å². The van der Waals surface area contributed by atoms with Gasteiger partial charge in [-0.2, -0.15) is 5.10 Å². The molecular weight excluding hydrogens is 370 g/mol. The molecule has 1 aromatic carbocycles. The van der Waals surface area contributed by atoms with Crippen LogP contribution in [0.4, 0.5) is 8.78 Å². The molecule has 2 bridgehead atoms. The van der Waals surface area contributed by atoms with Crippen LogP contribution < -0.4 is 0 Å². The molecule has 3 fully saturated rings. The number of likely N-dealkylation sites (tertiary alicyclic amines) is 1. The largest absolute Gasteiger partial charge is 0.298 e. The number of benzene rings is 1. The van der Waals surface area contributed by atoms with E-state index in [1.165, 1.54) is 36.2 Å². The van der Waals surface area contributed by atoms with Crippen molar-refractivity contribution in [3.8, 4) is 0 Å². The fourth-order valence-electron chi connectivity index (χ4n) is 6.11. The Bertz CT molecular complexity index is 875. The zero-order valence-electron chi connectivity index (χ0n) is 17.3. The quantitative estimate of drug-likeness (QED) is 0.777. The second-order valence-electron chi connectivity index (χ2n) is 9.35. The van der Waals surface area contributed by atoms with Gasteiger partial charge in [0.15, 0.2) is 0 Å². The van der Waals surface area contributed by atoms with Crippen LogP contribution in [0.3, 0.4) is 0 Å². The van der Waals surface area contributed by atoms with Gasteiger partial charge >= 0.3 is 0 Å². The van der Waals surface area contributed by atoms with Crippen molar-refractivity contribution in [3.63, 3.8) is 0 Å². The molecule has 0 N–H and O–H groups in total. The third-order valence-corrected chi connectivity index (χ3v) is 7.46. The van der Waals surface area contributed by atoms with E-state index in [2.05, 4.69) is 21.8 Å². The van der Waals surface area contributed by atoms with Gasteiger partial charge in [-0.15, -0.1) is 0 Å². The van der Waals surface area contributed by atoms with E-state index in [1.807, 2.05) is 17.9 Å². The molecule has 3 aliphatic rings. The summed E-state index contributed by atoms with van der Waals surface area (Å²) >= 11 is 0. The van der Waals surface area contributed by atoms with Crippen LogP contribution in [0.5, 0.6) is 0 Å². The van der Waals surface area contributed by atoms with Crippen molar-refractivity contribution in [2.45, 2.75) is 51.2 Å². The first kappa shape index (κ1) is 19.2. The lowest BCUT2D eigenvalue weighted by molar-refractivity contribution is -0.0592. The van der Waals surface area contributed by atoms with Crippen LogP contribution in [-0.4, -0.2) is 45.3 Å². The number of piperidine rings is 3. The average Bonchev–Trinajstić information content (AvgIpc) is 2.99. The van der Waals surface area contributed by atoms with E-state index in [4.69, 9.17) is 0 Å². The van der Waals surface area contributed by atoms with E-state index in [1.54, 1.807) is 0 Å². The van der Waals surface area contributed by atoms with Crippen molar-refractivity contribution in [1.82, 2.24) is 19.6 Å². The van der Waals surface area contributed by atoms with Crippen molar-refractivity contribution in [1.29, 1.82) is 0 Å². The Labute approximate surface area is 171 Å². The highest BCUT2D eigenvalue weighted by Gasteiger charge is 2.45. The Kier molecular flexibility index (Phi) is 4.95. The molecule has 156 valence electrons. The smallest absolute Gasteiger partial charge is 0.126 e. The van der Waals surface area contributed by atoms with Crippen LogP contribution >= 0.6 is 0 Å². The minimum atomic E-state index is -0.461. The molecule has 3 aliphatic heterocycles. The molecule has 0 aliphatic carbocycles. The van der Waals surface area contributed by atoms with E-state index in [-0.39, 0.29) is 6.04 Å². The predicted molar refractivity (Wildman–Crippen MR) is 108 cm³/mol. The van der Waals surface area contributed by atoms with Crippen LogP contribution in [-0.2, 0) is 13.6 Å². The van der Waals surface area contributed by atoms with Crippen molar-refractivity contribution in [3.05, 3.63) is 52.9 Å². The maximum absolute atomic E-state index is 13.9. The highest BCUT2D eigenvalue weighted by molar-refractivity contribution is 5.23. The van der Waals surface area contributed by atoms with Crippen LogP contribution in [0.15, 0.2) is 24.4 Å². The van der Waals surface area contributed by atoms with Gasteiger partial charge < -0.3 is 0 Å². The van der Waals surface area contributed by atoms with Crippen molar-refractivity contribution in [2.24, 2.45) is 18.9 Å². The summed E-state index contributed by atoms with van der Waals surface area (Å²) in [7, 11) is 2.00. The molecule has 6 heteroatoms. The summed E-state index contributed by atoms with van der Waals surface area (Å²) in [6.45, 7) is 6.34. The summed E-state index contributed by atoms with van der Waals surface area (Å²) in [6.07, 6.45) is 6.62. The lowest BCUT2D eigenvalue weighted by Gasteiger charge is -2.55. The van der Waals surface area contributed by atoms with Gasteiger partial charge in [0.05, 0.1) is 6.20 Å². The molecule has 4 atom stereocenters. The second kappa shape index (κ2) is 7.47. The number of nitrogens with zero attached hydrogens (tertiary/aromatic N) is 4. The van der Waals surface area contributed by atoms with Crippen molar-refractivity contribution < 1.29 is 8.78 Å². The van der Waals surface area contributed by atoms with Gasteiger partial charge in [0.25, 0.3) is 0 Å². The molecule has 0 radical (unpaired) electrons. The molecule has 4 heterocycles. The molecule has 2 aromatic rings. The molecule has 0 unspecified atom stereocenters. The van der Waals surface area contributed by atoms with E-state index in [9.17, 15) is 8.78 Å². The number of fused-ring (bicyclic) bond motifs is 4. The molecule has 0 saturated carbocycles. The number of hydrogen-bond donors (Lipinski definition) is 0. The lowest BCUT2D eigenvalue weighted by atomic mass is 9.74. The number of rotatable bonds is 3. The van der Waals surface area contributed by atoms with Crippen molar-refractivity contribution >= 4 is 0 Å². The number of hydrogen-bond acceptors (Lipinski definition) is 3. The average molecular weight is 401 g/mol. The monoisotopic (exact) mass is 400 g/mol. The Morgan fingerprint density at radius 2 is 1.86 bits per heavy atom. The van der Waals surface area contributed by atoms with Crippen LogP contribution in [0.1, 0.15) is 48.5 Å². The Hall–Kier alpha value is -1.79. The van der Waals surface area contributed by atoms with Gasteiger partial charge in [0.1, 0.15) is 11.6 Å². The molecular formula is C23H30F2N4.